The lowest BCUT2D eigenvalue weighted by Gasteiger charge is -2.16. The van der Waals surface area contributed by atoms with Crippen LogP contribution in [-0.4, -0.2) is 31.0 Å². The Hall–Kier alpha value is -2.04. The topological polar surface area (TPSA) is 67.4 Å². The standard InChI is InChI=1S/C17H24N2O3/c1-3-12(2)14-6-4-5-7-15(14)22-11-17(21)18-10-13-8-9-16(20)19-13/h4-7,12-13H,3,8-11H2,1-2H3,(H,18,21)(H,19,20)/t12-,13+/m1/s1. The second-order valence-electron chi connectivity index (χ2n) is 5.74. The van der Waals surface area contributed by atoms with Gasteiger partial charge in [0.15, 0.2) is 6.61 Å². The quantitative estimate of drug-likeness (QED) is 0.809. The summed E-state index contributed by atoms with van der Waals surface area (Å²) in [6.45, 7) is 4.73. The molecule has 0 unspecified atom stereocenters. The molecule has 22 heavy (non-hydrogen) atoms. The van der Waals surface area contributed by atoms with Crippen molar-refractivity contribution in [1.82, 2.24) is 10.6 Å². The monoisotopic (exact) mass is 304 g/mol. The van der Waals surface area contributed by atoms with Gasteiger partial charge in [-0.25, -0.2) is 0 Å². The molecule has 2 amide bonds. The van der Waals surface area contributed by atoms with Crippen LogP contribution in [0, 0.1) is 0 Å². The third kappa shape index (κ3) is 4.48. The third-order valence-corrected chi connectivity index (χ3v) is 4.05. The summed E-state index contributed by atoms with van der Waals surface area (Å²) in [5, 5.41) is 5.62. The molecule has 0 spiro atoms. The van der Waals surface area contributed by atoms with Crippen LogP contribution in [0.5, 0.6) is 5.75 Å². The minimum Gasteiger partial charge on any atom is -0.483 e. The molecule has 2 atom stereocenters. The average molecular weight is 304 g/mol. The van der Waals surface area contributed by atoms with E-state index in [1.165, 1.54) is 0 Å². The summed E-state index contributed by atoms with van der Waals surface area (Å²) in [6.07, 6.45) is 2.34. The fourth-order valence-corrected chi connectivity index (χ4v) is 2.50. The van der Waals surface area contributed by atoms with E-state index in [1.807, 2.05) is 24.3 Å². The van der Waals surface area contributed by atoms with Crippen LogP contribution in [0.2, 0.25) is 0 Å². The van der Waals surface area contributed by atoms with Crippen molar-refractivity contribution < 1.29 is 14.3 Å². The molecule has 1 saturated heterocycles. The van der Waals surface area contributed by atoms with Crippen LogP contribution in [0.4, 0.5) is 0 Å². The molecule has 1 aromatic rings. The van der Waals surface area contributed by atoms with Crippen molar-refractivity contribution in [2.45, 2.75) is 45.1 Å². The van der Waals surface area contributed by atoms with Crippen LogP contribution in [0.25, 0.3) is 0 Å². The summed E-state index contributed by atoms with van der Waals surface area (Å²) in [6, 6.07) is 7.87. The Kier molecular flexibility index (Phi) is 5.81. The normalized spacial score (nSPS) is 18.6. The smallest absolute Gasteiger partial charge is 0.258 e. The molecule has 1 aliphatic rings. The molecule has 1 fully saturated rings. The SMILES string of the molecule is CC[C@@H](C)c1ccccc1OCC(=O)NC[C@@H]1CCC(=O)N1. The molecule has 0 aromatic heterocycles. The molecule has 0 saturated carbocycles. The van der Waals surface area contributed by atoms with E-state index < -0.39 is 0 Å². The number of nitrogens with one attached hydrogen (secondary N) is 2. The van der Waals surface area contributed by atoms with E-state index >= 15 is 0 Å². The van der Waals surface area contributed by atoms with Gasteiger partial charge in [0.25, 0.3) is 5.91 Å². The predicted octanol–water partition coefficient (Wildman–Crippen LogP) is 1.97. The maximum absolute atomic E-state index is 11.9. The van der Waals surface area contributed by atoms with Gasteiger partial charge in [0.1, 0.15) is 5.75 Å². The third-order valence-electron chi connectivity index (χ3n) is 4.05. The van der Waals surface area contributed by atoms with E-state index in [1.54, 1.807) is 0 Å². The fraction of sp³-hybridized carbons (Fsp3) is 0.529. The largest absolute Gasteiger partial charge is 0.483 e. The van der Waals surface area contributed by atoms with Crippen molar-refractivity contribution in [1.29, 1.82) is 0 Å². The van der Waals surface area contributed by atoms with E-state index in [4.69, 9.17) is 4.74 Å². The lowest BCUT2D eigenvalue weighted by molar-refractivity contribution is -0.123. The Bertz CT molecular complexity index is 530. The molecular weight excluding hydrogens is 280 g/mol. The number of para-hydroxylation sites is 1. The molecule has 0 aliphatic carbocycles. The highest BCUT2D eigenvalue weighted by Gasteiger charge is 2.21. The van der Waals surface area contributed by atoms with Crippen molar-refractivity contribution in [2.75, 3.05) is 13.2 Å². The number of amides is 2. The number of hydrogen-bond donors (Lipinski definition) is 2. The first-order valence-corrected chi connectivity index (χ1v) is 7.88. The first kappa shape index (κ1) is 16.3. The van der Waals surface area contributed by atoms with Gasteiger partial charge in [-0.3, -0.25) is 9.59 Å². The molecular formula is C17H24N2O3. The summed E-state index contributed by atoms with van der Waals surface area (Å²) in [5.41, 5.74) is 1.13. The van der Waals surface area contributed by atoms with E-state index in [0.29, 0.717) is 18.9 Å². The Labute approximate surface area is 131 Å². The molecule has 5 nitrogen and oxygen atoms in total. The van der Waals surface area contributed by atoms with Crippen LogP contribution in [-0.2, 0) is 9.59 Å². The van der Waals surface area contributed by atoms with Gasteiger partial charge in [0, 0.05) is 19.0 Å². The summed E-state index contributed by atoms with van der Waals surface area (Å²) >= 11 is 0. The van der Waals surface area contributed by atoms with Gasteiger partial charge in [-0.2, -0.15) is 0 Å². The van der Waals surface area contributed by atoms with Gasteiger partial charge in [-0.05, 0) is 30.4 Å². The van der Waals surface area contributed by atoms with Crippen LogP contribution in [0.1, 0.15) is 44.6 Å². The molecule has 0 radical (unpaired) electrons. The number of rotatable bonds is 7. The highest BCUT2D eigenvalue weighted by atomic mass is 16.5. The number of carbonyl (C=O) groups excluding carboxylic acids is 2. The average Bonchev–Trinajstić information content (AvgIpc) is 2.96. The van der Waals surface area contributed by atoms with Crippen LogP contribution in [0.3, 0.4) is 0 Å². The Morgan fingerprint density at radius 1 is 1.45 bits per heavy atom. The number of benzene rings is 1. The number of carbonyl (C=O) groups is 2. The van der Waals surface area contributed by atoms with Crippen molar-refractivity contribution in [2.24, 2.45) is 0 Å². The van der Waals surface area contributed by atoms with E-state index in [-0.39, 0.29) is 24.5 Å². The first-order chi connectivity index (χ1) is 10.6. The van der Waals surface area contributed by atoms with E-state index in [2.05, 4.69) is 24.5 Å². The molecule has 0 bridgehead atoms. The van der Waals surface area contributed by atoms with Crippen LogP contribution in [0.15, 0.2) is 24.3 Å². The van der Waals surface area contributed by atoms with Crippen LogP contribution < -0.4 is 15.4 Å². The van der Waals surface area contributed by atoms with Gasteiger partial charge in [-0.15, -0.1) is 0 Å². The van der Waals surface area contributed by atoms with Gasteiger partial charge in [0.05, 0.1) is 0 Å². The Morgan fingerprint density at radius 2 is 2.23 bits per heavy atom. The van der Waals surface area contributed by atoms with Gasteiger partial charge in [0.2, 0.25) is 5.91 Å². The molecule has 2 N–H and O–H groups in total. The molecule has 1 aliphatic heterocycles. The summed E-state index contributed by atoms with van der Waals surface area (Å²) in [7, 11) is 0. The van der Waals surface area contributed by atoms with Crippen LogP contribution >= 0.6 is 0 Å². The van der Waals surface area contributed by atoms with Gasteiger partial charge in [-0.1, -0.05) is 32.0 Å². The molecule has 2 rings (SSSR count). The number of ether oxygens (including phenoxy) is 1. The zero-order chi connectivity index (χ0) is 15.9. The molecule has 1 aromatic carbocycles. The summed E-state index contributed by atoms with van der Waals surface area (Å²) in [5.74, 6) is 1.05. The molecule has 5 heteroatoms. The zero-order valence-electron chi connectivity index (χ0n) is 13.2. The first-order valence-electron chi connectivity index (χ1n) is 7.88. The maximum atomic E-state index is 11.9. The molecule has 1 heterocycles. The zero-order valence-corrected chi connectivity index (χ0v) is 13.2. The fourth-order valence-electron chi connectivity index (χ4n) is 2.50. The highest BCUT2D eigenvalue weighted by molar-refractivity contribution is 5.79. The minimum absolute atomic E-state index is 0.00584. The van der Waals surface area contributed by atoms with Crippen molar-refractivity contribution in [3.8, 4) is 5.75 Å². The highest BCUT2D eigenvalue weighted by Crippen LogP contribution is 2.28. The maximum Gasteiger partial charge on any atom is 0.258 e. The predicted molar refractivity (Wildman–Crippen MR) is 84.8 cm³/mol. The van der Waals surface area contributed by atoms with Crippen molar-refractivity contribution in [3.63, 3.8) is 0 Å². The second-order valence-corrected chi connectivity index (χ2v) is 5.74. The van der Waals surface area contributed by atoms with Gasteiger partial charge >= 0.3 is 0 Å². The second kappa shape index (κ2) is 7.82. The minimum atomic E-state index is -0.167. The Balaban J connectivity index is 1.80. The Morgan fingerprint density at radius 3 is 2.91 bits per heavy atom. The van der Waals surface area contributed by atoms with Gasteiger partial charge < -0.3 is 15.4 Å². The van der Waals surface area contributed by atoms with Crippen molar-refractivity contribution >= 4 is 11.8 Å². The molecule has 120 valence electrons. The number of hydrogen-bond acceptors (Lipinski definition) is 3. The van der Waals surface area contributed by atoms with E-state index in [9.17, 15) is 9.59 Å². The summed E-state index contributed by atoms with van der Waals surface area (Å²) in [4.78, 5) is 22.9. The lowest BCUT2D eigenvalue weighted by atomic mass is 9.98. The van der Waals surface area contributed by atoms with Crippen molar-refractivity contribution in [3.05, 3.63) is 29.8 Å². The summed E-state index contributed by atoms with van der Waals surface area (Å²) < 4.78 is 5.66. The lowest BCUT2D eigenvalue weighted by Crippen LogP contribution is -2.40. The van der Waals surface area contributed by atoms with E-state index in [0.717, 1.165) is 24.2 Å².